The van der Waals surface area contributed by atoms with Crippen LogP contribution in [0.15, 0.2) is 18.2 Å². The van der Waals surface area contributed by atoms with Crippen molar-refractivity contribution in [3.05, 3.63) is 28.8 Å². The highest BCUT2D eigenvalue weighted by Crippen LogP contribution is 2.41. The maximum absolute atomic E-state index is 12.9. The molecule has 9 heteroatoms. The van der Waals surface area contributed by atoms with Crippen LogP contribution < -0.4 is 4.74 Å². The van der Waals surface area contributed by atoms with Crippen molar-refractivity contribution in [2.75, 3.05) is 19.8 Å². The molecule has 1 aromatic rings. The standard InChI is InChI=1S/C26H36ClNO7/c1-6-32-23(29)20-14-18(27)9-11-22(20)34-19-10-8-16-15-28(25(31)35-26(3,4)5)21(13-17(16)12-19)24(30)33-7-2/h9,11,14,16-17,19,21H,6-8,10,12-13,15H2,1-5H3/t16-,17-,19-,21-/m0/s1. The van der Waals surface area contributed by atoms with Gasteiger partial charge in [-0.25, -0.2) is 14.4 Å². The molecule has 0 bridgehead atoms. The van der Waals surface area contributed by atoms with Crippen LogP contribution in [-0.2, 0) is 19.0 Å². The highest BCUT2D eigenvalue weighted by Gasteiger charge is 2.46. The van der Waals surface area contributed by atoms with E-state index >= 15 is 0 Å². The molecule has 3 rings (SSSR count). The van der Waals surface area contributed by atoms with Crippen molar-refractivity contribution in [3.8, 4) is 5.75 Å². The lowest BCUT2D eigenvalue weighted by molar-refractivity contribution is -0.153. The summed E-state index contributed by atoms with van der Waals surface area (Å²) in [5.74, 6) is -0.0683. The number of hydrogen-bond donors (Lipinski definition) is 0. The second kappa shape index (κ2) is 11.5. The zero-order valence-corrected chi connectivity index (χ0v) is 21.9. The Morgan fingerprint density at radius 2 is 1.74 bits per heavy atom. The molecule has 0 radical (unpaired) electrons. The zero-order chi connectivity index (χ0) is 25.8. The average molecular weight is 510 g/mol. The molecule has 0 spiro atoms. The number of likely N-dealkylation sites (tertiary alicyclic amines) is 1. The molecule has 1 aliphatic heterocycles. The Morgan fingerprint density at radius 1 is 1.03 bits per heavy atom. The Labute approximate surface area is 212 Å². The smallest absolute Gasteiger partial charge is 0.411 e. The second-order valence-corrected chi connectivity index (χ2v) is 10.5. The summed E-state index contributed by atoms with van der Waals surface area (Å²) >= 11 is 6.10. The van der Waals surface area contributed by atoms with Gasteiger partial charge in [0.15, 0.2) is 0 Å². The van der Waals surface area contributed by atoms with Gasteiger partial charge in [0.05, 0.1) is 19.3 Å². The number of piperidine rings is 1. The Morgan fingerprint density at radius 3 is 2.40 bits per heavy atom. The maximum atomic E-state index is 12.9. The van der Waals surface area contributed by atoms with Gasteiger partial charge in [0, 0.05) is 11.6 Å². The van der Waals surface area contributed by atoms with Crippen molar-refractivity contribution in [1.29, 1.82) is 0 Å². The van der Waals surface area contributed by atoms with Gasteiger partial charge in [-0.3, -0.25) is 4.90 Å². The van der Waals surface area contributed by atoms with Gasteiger partial charge in [-0.2, -0.15) is 0 Å². The number of rotatable bonds is 6. The van der Waals surface area contributed by atoms with Gasteiger partial charge in [0.2, 0.25) is 0 Å². The first-order valence-electron chi connectivity index (χ1n) is 12.3. The van der Waals surface area contributed by atoms with E-state index in [9.17, 15) is 14.4 Å². The fourth-order valence-corrected chi connectivity index (χ4v) is 5.02. The molecule has 8 nitrogen and oxygen atoms in total. The summed E-state index contributed by atoms with van der Waals surface area (Å²) in [4.78, 5) is 39.6. The predicted molar refractivity (Wildman–Crippen MR) is 131 cm³/mol. The van der Waals surface area contributed by atoms with Crippen LogP contribution in [0.3, 0.4) is 0 Å². The average Bonchev–Trinajstić information content (AvgIpc) is 2.78. The van der Waals surface area contributed by atoms with Crippen LogP contribution in [0.4, 0.5) is 4.79 Å². The zero-order valence-electron chi connectivity index (χ0n) is 21.2. The van der Waals surface area contributed by atoms with Crippen molar-refractivity contribution < 1.29 is 33.3 Å². The summed E-state index contributed by atoms with van der Waals surface area (Å²) < 4.78 is 22.3. The topological polar surface area (TPSA) is 91.4 Å². The van der Waals surface area contributed by atoms with Crippen LogP contribution in [0.1, 0.15) is 70.7 Å². The number of fused-ring (bicyclic) bond motifs is 1. The van der Waals surface area contributed by atoms with E-state index in [-0.39, 0.29) is 31.2 Å². The fraction of sp³-hybridized carbons (Fsp3) is 0.654. The molecule has 2 fully saturated rings. The monoisotopic (exact) mass is 509 g/mol. The van der Waals surface area contributed by atoms with Gasteiger partial charge in [-0.1, -0.05) is 11.6 Å². The number of hydrogen-bond acceptors (Lipinski definition) is 7. The molecule has 1 aliphatic carbocycles. The van der Waals surface area contributed by atoms with E-state index < -0.39 is 29.7 Å². The Hall–Kier alpha value is -2.48. The van der Waals surface area contributed by atoms with E-state index in [0.29, 0.717) is 35.7 Å². The molecule has 0 N–H and O–H groups in total. The van der Waals surface area contributed by atoms with E-state index in [0.717, 1.165) is 12.8 Å². The second-order valence-electron chi connectivity index (χ2n) is 10.1. The van der Waals surface area contributed by atoms with E-state index in [1.165, 1.54) is 4.90 Å². The van der Waals surface area contributed by atoms with Gasteiger partial charge < -0.3 is 18.9 Å². The maximum Gasteiger partial charge on any atom is 0.411 e. The number of benzene rings is 1. The highest BCUT2D eigenvalue weighted by molar-refractivity contribution is 6.31. The van der Waals surface area contributed by atoms with Gasteiger partial charge >= 0.3 is 18.0 Å². The molecule has 2 aliphatic rings. The summed E-state index contributed by atoms with van der Waals surface area (Å²) in [7, 11) is 0. The summed E-state index contributed by atoms with van der Waals surface area (Å²) in [6, 6.07) is 4.22. The minimum Gasteiger partial charge on any atom is -0.490 e. The van der Waals surface area contributed by atoms with Crippen LogP contribution >= 0.6 is 11.6 Å². The van der Waals surface area contributed by atoms with Gasteiger partial charge in [0.1, 0.15) is 23.0 Å². The molecule has 4 atom stereocenters. The van der Waals surface area contributed by atoms with Gasteiger partial charge in [0.25, 0.3) is 0 Å². The number of esters is 2. The summed E-state index contributed by atoms with van der Waals surface area (Å²) in [5, 5.41) is 0.427. The number of amides is 1. The van der Waals surface area contributed by atoms with E-state index in [1.807, 2.05) is 0 Å². The van der Waals surface area contributed by atoms with Crippen LogP contribution in [0.2, 0.25) is 5.02 Å². The molecule has 194 valence electrons. The number of carbonyl (C=O) groups is 3. The molecular weight excluding hydrogens is 474 g/mol. The quantitative estimate of drug-likeness (QED) is 0.382. The van der Waals surface area contributed by atoms with Crippen LogP contribution in [0.5, 0.6) is 5.75 Å². The van der Waals surface area contributed by atoms with Crippen LogP contribution in [0, 0.1) is 11.8 Å². The minimum absolute atomic E-state index is 0.137. The van der Waals surface area contributed by atoms with Crippen LogP contribution in [0.25, 0.3) is 0 Å². The number of halogens is 1. The van der Waals surface area contributed by atoms with Gasteiger partial charge in [-0.05, 0) is 90.3 Å². The summed E-state index contributed by atoms with van der Waals surface area (Å²) in [6.07, 6.45) is 2.14. The van der Waals surface area contributed by atoms with Crippen molar-refractivity contribution >= 4 is 29.6 Å². The molecule has 1 saturated heterocycles. The largest absolute Gasteiger partial charge is 0.490 e. The van der Waals surface area contributed by atoms with Crippen LogP contribution in [-0.4, -0.2) is 60.4 Å². The molecule has 1 heterocycles. The molecule has 35 heavy (non-hydrogen) atoms. The molecule has 0 aromatic heterocycles. The first kappa shape index (κ1) is 27.1. The van der Waals surface area contributed by atoms with Crippen molar-refractivity contribution in [3.63, 3.8) is 0 Å². The molecule has 1 amide bonds. The Balaban J connectivity index is 1.74. The molecule has 0 unspecified atom stereocenters. The number of nitrogens with zero attached hydrogens (tertiary/aromatic N) is 1. The van der Waals surface area contributed by atoms with Crippen molar-refractivity contribution in [1.82, 2.24) is 4.90 Å². The third-order valence-corrected chi connectivity index (χ3v) is 6.58. The Kier molecular flexibility index (Phi) is 8.91. The lowest BCUT2D eigenvalue weighted by atomic mass is 9.72. The summed E-state index contributed by atoms with van der Waals surface area (Å²) in [6.45, 7) is 9.84. The third kappa shape index (κ3) is 7.03. The van der Waals surface area contributed by atoms with Gasteiger partial charge in [-0.15, -0.1) is 0 Å². The number of carbonyl (C=O) groups excluding carboxylic acids is 3. The SMILES string of the molecule is CCOC(=O)c1cc(Cl)ccc1O[C@H]1CC[C@H]2CN(C(=O)OC(C)(C)C)[C@H](C(=O)OCC)C[C@@H]2C1. The fourth-order valence-electron chi connectivity index (χ4n) is 4.85. The van der Waals surface area contributed by atoms with E-state index in [1.54, 1.807) is 52.8 Å². The first-order valence-corrected chi connectivity index (χ1v) is 12.7. The number of ether oxygens (including phenoxy) is 4. The minimum atomic E-state index is -0.699. The first-order chi connectivity index (χ1) is 16.5. The molecule has 1 aromatic carbocycles. The molecular formula is C26H36ClNO7. The van der Waals surface area contributed by atoms with E-state index in [2.05, 4.69) is 0 Å². The Bertz CT molecular complexity index is 929. The summed E-state index contributed by atoms with van der Waals surface area (Å²) in [5.41, 5.74) is -0.362. The lowest BCUT2D eigenvalue weighted by Gasteiger charge is -2.46. The van der Waals surface area contributed by atoms with Crippen molar-refractivity contribution in [2.24, 2.45) is 11.8 Å². The molecule has 1 saturated carbocycles. The van der Waals surface area contributed by atoms with E-state index in [4.69, 9.17) is 30.5 Å². The highest BCUT2D eigenvalue weighted by atomic mass is 35.5. The van der Waals surface area contributed by atoms with Crippen molar-refractivity contribution in [2.45, 2.75) is 78.0 Å². The third-order valence-electron chi connectivity index (χ3n) is 6.34. The predicted octanol–water partition coefficient (Wildman–Crippen LogP) is 5.25. The lowest BCUT2D eigenvalue weighted by Crippen LogP contribution is -2.56. The normalized spacial score (nSPS) is 24.2.